The molecule has 1 aromatic heterocycles. The van der Waals surface area contributed by atoms with Gasteiger partial charge in [0.05, 0.1) is 17.4 Å². The Morgan fingerprint density at radius 1 is 1.07 bits per heavy atom. The van der Waals surface area contributed by atoms with Gasteiger partial charge in [-0.2, -0.15) is 0 Å². The number of benzene rings is 1. The zero-order chi connectivity index (χ0) is 19.4. The maximum absolute atomic E-state index is 13.7. The van der Waals surface area contributed by atoms with E-state index in [0.717, 1.165) is 5.82 Å². The van der Waals surface area contributed by atoms with E-state index in [-0.39, 0.29) is 17.4 Å². The summed E-state index contributed by atoms with van der Waals surface area (Å²) in [6, 6.07) is 9.40. The highest BCUT2D eigenvalue weighted by molar-refractivity contribution is 6.04. The number of aromatic nitrogens is 1. The van der Waals surface area contributed by atoms with E-state index in [1.165, 1.54) is 18.2 Å². The second kappa shape index (κ2) is 8.16. The molecule has 1 fully saturated rings. The lowest BCUT2D eigenvalue weighted by Gasteiger charge is -2.36. The van der Waals surface area contributed by atoms with E-state index in [2.05, 4.69) is 15.2 Å². The van der Waals surface area contributed by atoms with Gasteiger partial charge < -0.3 is 15.1 Å². The smallest absolute Gasteiger partial charge is 0.258 e. The molecule has 0 aliphatic carbocycles. The van der Waals surface area contributed by atoms with Crippen LogP contribution >= 0.6 is 0 Å². The van der Waals surface area contributed by atoms with Crippen molar-refractivity contribution in [3.05, 3.63) is 54.0 Å². The summed E-state index contributed by atoms with van der Waals surface area (Å²) in [7, 11) is 0. The van der Waals surface area contributed by atoms with E-state index in [9.17, 15) is 14.0 Å². The fourth-order valence-electron chi connectivity index (χ4n) is 3.01. The van der Waals surface area contributed by atoms with E-state index in [1.54, 1.807) is 18.3 Å². The first-order valence-electron chi connectivity index (χ1n) is 9.01. The molecule has 142 valence electrons. The fourth-order valence-corrected chi connectivity index (χ4v) is 3.01. The second-order valence-electron chi connectivity index (χ2n) is 6.81. The van der Waals surface area contributed by atoms with Crippen LogP contribution in [-0.2, 0) is 4.79 Å². The van der Waals surface area contributed by atoms with E-state index in [4.69, 9.17) is 0 Å². The number of hydrogen-bond donors (Lipinski definition) is 1. The SMILES string of the molecule is CC(C)C(=O)N1CCN(c2ccc(NC(=O)c3ccccc3F)cn2)CC1. The minimum absolute atomic E-state index is 0.00650. The molecule has 0 saturated carbocycles. The van der Waals surface area contributed by atoms with Crippen molar-refractivity contribution in [1.82, 2.24) is 9.88 Å². The molecule has 0 spiro atoms. The number of amides is 2. The van der Waals surface area contributed by atoms with Gasteiger partial charge in [-0.3, -0.25) is 9.59 Å². The first-order chi connectivity index (χ1) is 13.0. The van der Waals surface area contributed by atoms with Crippen molar-refractivity contribution in [3.8, 4) is 0 Å². The van der Waals surface area contributed by atoms with Gasteiger partial charge in [0.15, 0.2) is 0 Å². The Morgan fingerprint density at radius 2 is 1.78 bits per heavy atom. The average molecular weight is 370 g/mol. The van der Waals surface area contributed by atoms with Gasteiger partial charge in [0.2, 0.25) is 5.91 Å². The third-order valence-electron chi connectivity index (χ3n) is 4.53. The number of piperazine rings is 1. The third kappa shape index (κ3) is 4.42. The molecule has 1 aromatic carbocycles. The zero-order valence-electron chi connectivity index (χ0n) is 15.5. The lowest BCUT2D eigenvalue weighted by atomic mass is 10.1. The van der Waals surface area contributed by atoms with Crippen LogP contribution in [0.5, 0.6) is 0 Å². The minimum atomic E-state index is -0.562. The number of hydrogen-bond acceptors (Lipinski definition) is 4. The predicted molar refractivity (Wildman–Crippen MR) is 102 cm³/mol. The van der Waals surface area contributed by atoms with Crippen LogP contribution in [0.25, 0.3) is 0 Å². The molecule has 7 heteroatoms. The van der Waals surface area contributed by atoms with Crippen molar-refractivity contribution in [2.24, 2.45) is 5.92 Å². The first-order valence-corrected chi connectivity index (χ1v) is 9.01. The molecule has 1 saturated heterocycles. The van der Waals surface area contributed by atoms with Crippen molar-refractivity contribution in [2.75, 3.05) is 36.4 Å². The summed E-state index contributed by atoms with van der Waals surface area (Å²) in [5.41, 5.74) is 0.494. The summed E-state index contributed by atoms with van der Waals surface area (Å²) in [6.45, 7) is 6.59. The predicted octanol–water partition coefficient (Wildman–Crippen LogP) is 2.78. The standard InChI is InChI=1S/C20H23FN4O2/c1-14(2)20(27)25-11-9-24(10-12-25)18-8-7-15(13-22-18)23-19(26)16-5-3-4-6-17(16)21/h3-8,13-14H,9-12H2,1-2H3,(H,23,26). The summed E-state index contributed by atoms with van der Waals surface area (Å²) >= 11 is 0. The van der Waals surface area contributed by atoms with E-state index in [1.807, 2.05) is 24.8 Å². The van der Waals surface area contributed by atoms with Gasteiger partial charge in [-0.1, -0.05) is 26.0 Å². The quantitative estimate of drug-likeness (QED) is 0.899. The number of carbonyl (C=O) groups excluding carboxylic acids is 2. The Kier molecular flexibility index (Phi) is 5.69. The van der Waals surface area contributed by atoms with Crippen LogP contribution in [0, 0.1) is 11.7 Å². The third-order valence-corrected chi connectivity index (χ3v) is 4.53. The molecule has 27 heavy (non-hydrogen) atoms. The molecule has 2 heterocycles. The van der Waals surface area contributed by atoms with Crippen molar-refractivity contribution < 1.29 is 14.0 Å². The van der Waals surface area contributed by atoms with Crippen LogP contribution in [-0.4, -0.2) is 47.9 Å². The highest BCUT2D eigenvalue weighted by Gasteiger charge is 2.23. The molecule has 6 nitrogen and oxygen atoms in total. The van der Waals surface area contributed by atoms with Crippen molar-refractivity contribution in [2.45, 2.75) is 13.8 Å². The summed E-state index contributed by atoms with van der Waals surface area (Å²) < 4.78 is 13.7. The van der Waals surface area contributed by atoms with E-state index < -0.39 is 11.7 Å². The Bertz CT molecular complexity index is 815. The number of anilines is 2. The van der Waals surface area contributed by atoms with Crippen molar-refractivity contribution >= 4 is 23.3 Å². The maximum Gasteiger partial charge on any atom is 0.258 e. The van der Waals surface area contributed by atoms with Crippen LogP contribution in [0.15, 0.2) is 42.6 Å². The average Bonchev–Trinajstić information content (AvgIpc) is 2.68. The van der Waals surface area contributed by atoms with Gasteiger partial charge >= 0.3 is 0 Å². The number of nitrogens with zero attached hydrogens (tertiary/aromatic N) is 3. The first kappa shape index (κ1) is 18.8. The van der Waals surface area contributed by atoms with Crippen LogP contribution in [0.4, 0.5) is 15.9 Å². The molecular weight excluding hydrogens is 347 g/mol. The second-order valence-corrected chi connectivity index (χ2v) is 6.81. The maximum atomic E-state index is 13.7. The topological polar surface area (TPSA) is 65.5 Å². The molecule has 1 N–H and O–H groups in total. The highest BCUT2D eigenvalue weighted by atomic mass is 19.1. The van der Waals surface area contributed by atoms with E-state index >= 15 is 0 Å². The highest BCUT2D eigenvalue weighted by Crippen LogP contribution is 2.18. The molecule has 1 aliphatic rings. The van der Waals surface area contributed by atoms with Gasteiger partial charge in [0.1, 0.15) is 11.6 Å². The lowest BCUT2D eigenvalue weighted by molar-refractivity contribution is -0.134. The fraction of sp³-hybridized carbons (Fsp3) is 0.350. The summed E-state index contributed by atoms with van der Waals surface area (Å²) in [6.07, 6.45) is 1.56. The Hall–Kier alpha value is -2.96. The molecule has 2 aromatic rings. The number of nitrogens with one attached hydrogen (secondary N) is 1. The summed E-state index contributed by atoms with van der Waals surface area (Å²) in [5.74, 6) is -0.103. The minimum Gasteiger partial charge on any atom is -0.353 e. The van der Waals surface area contributed by atoms with Crippen LogP contribution in [0.1, 0.15) is 24.2 Å². The number of halogens is 1. The van der Waals surface area contributed by atoms with Crippen LogP contribution in [0.2, 0.25) is 0 Å². The molecular formula is C20H23FN4O2. The van der Waals surface area contributed by atoms with Gasteiger partial charge in [-0.25, -0.2) is 9.37 Å². The Morgan fingerprint density at radius 3 is 2.37 bits per heavy atom. The Labute approximate surface area is 158 Å². The van der Waals surface area contributed by atoms with Crippen LogP contribution < -0.4 is 10.2 Å². The van der Waals surface area contributed by atoms with Gasteiger partial charge in [0, 0.05) is 32.1 Å². The number of carbonyl (C=O) groups is 2. The molecule has 0 atom stereocenters. The zero-order valence-corrected chi connectivity index (χ0v) is 15.5. The van der Waals surface area contributed by atoms with Crippen LogP contribution in [0.3, 0.4) is 0 Å². The molecule has 2 amide bonds. The monoisotopic (exact) mass is 370 g/mol. The molecule has 3 rings (SSSR count). The molecule has 0 bridgehead atoms. The lowest BCUT2D eigenvalue weighted by Crippen LogP contribution is -2.50. The number of rotatable bonds is 4. The number of pyridine rings is 1. The van der Waals surface area contributed by atoms with Gasteiger partial charge in [-0.15, -0.1) is 0 Å². The van der Waals surface area contributed by atoms with E-state index in [0.29, 0.717) is 31.9 Å². The Balaban J connectivity index is 1.59. The van der Waals surface area contributed by atoms with Gasteiger partial charge in [-0.05, 0) is 24.3 Å². The normalized spacial score (nSPS) is 14.4. The van der Waals surface area contributed by atoms with Crippen molar-refractivity contribution in [3.63, 3.8) is 0 Å². The molecule has 0 radical (unpaired) electrons. The van der Waals surface area contributed by atoms with Gasteiger partial charge in [0.25, 0.3) is 5.91 Å². The molecule has 1 aliphatic heterocycles. The largest absolute Gasteiger partial charge is 0.353 e. The molecule has 0 unspecified atom stereocenters. The van der Waals surface area contributed by atoms with Crippen molar-refractivity contribution in [1.29, 1.82) is 0 Å². The summed E-state index contributed by atoms with van der Waals surface area (Å²) in [4.78, 5) is 32.6. The summed E-state index contributed by atoms with van der Waals surface area (Å²) in [5, 5.41) is 2.65.